The highest BCUT2D eigenvalue weighted by molar-refractivity contribution is 5.94. The van der Waals surface area contributed by atoms with Crippen molar-refractivity contribution in [2.45, 2.75) is 52.2 Å². The first-order valence-electron chi connectivity index (χ1n) is 10.0. The van der Waals surface area contributed by atoms with Gasteiger partial charge in [-0.05, 0) is 44.4 Å². The van der Waals surface area contributed by atoms with E-state index >= 15 is 0 Å². The highest BCUT2D eigenvalue weighted by Crippen LogP contribution is 2.51. The van der Waals surface area contributed by atoms with E-state index in [0.717, 1.165) is 30.9 Å². The van der Waals surface area contributed by atoms with Crippen molar-refractivity contribution >= 4 is 11.9 Å². The Hall–Kier alpha value is -2.08. The summed E-state index contributed by atoms with van der Waals surface area (Å²) >= 11 is 0. The lowest BCUT2D eigenvalue weighted by molar-refractivity contribution is -0.176. The van der Waals surface area contributed by atoms with Crippen molar-refractivity contribution in [2.24, 2.45) is 10.4 Å². The van der Waals surface area contributed by atoms with E-state index < -0.39 is 0 Å². The first-order chi connectivity index (χ1) is 13.1. The van der Waals surface area contributed by atoms with Gasteiger partial charge in [-0.2, -0.15) is 0 Å². The Morgan fingerprint density at radius 1 is 1.32 bits per heavy atom. The zero-order valence-electron chi connectivity index (χ0n) is 18.4. The van der Waals surface area contributed by atoms with E-state index in [0.29, 0.717) is 18.2 Å². The Bertz CT molecular complexity index is 714. The summed E-state index contributed by atoms with van der Waals surface area (Å²) in [5.41, 5.74) is 1.75. The number of hydrogen-bond donors (Lipinski definition) is 2. The maximum absolute atomic E-state index is 12.1. The number of nitrogens with zero attached hydrogens (tertiary/aromatic N) is 2. The number of guanidine groups is 1. The van der Waals surface area contributed by atoms with Crippen molar-refractivity contribution in [1.29, 1.82) is 0 Å². The summed E-state index contributed by atoms with van der Waals surface area (Å²) in [6, 6.07) is 8.10. The molecule has 1 fully saturated rings. The van der Waals surface area contributed by atoms with Crippen molar-refractivity contribution in [1.82, 2.24) is 15.5 Å². The van der Waals surface area contributed by atoms with Gasteiger partial charge in [0.2, 0.25) is 0 Å². The minimum absolute atomic E-state index is 0.0220. The maximum atomic E-state index is 12.1. The normalized spacial score (nSPS) is 23.7. The van der Waals surface area contributed by atoms with Gasteiger partial charge in [0.25, 0.3) is 5.91 Å². The molecule has 156 valence electrons. The van der Waals surface area contributed by atoms with Crippen molar-refractivity contribution in [3.63, 3.8) is 0 Å². The minimum Gasteiger partial charge on any atom is -0.378 e. The molecule has 0 spiro atoms. The van der Waals surface area contributed by atoms with E-state index in [2.05, 4.69) is 38.3 Å². The molecule has 28 heavy (non-hydrogen) atoms. The summed E-state index contributed by atoms with van der Waals surface area (Å²) in [6.45, 7) is 10.2. The fourth-order valence-corrected chi connectivity index (χ4v) is 3.62. The third-order valence-corrected chi connectivity index (χ3v) is 6.18. The van der Waals surface area contributed by atoms with Crippen LogP contribution < -0.4 is 10.6 Å². The number of benzene rings is 1. The summed E-state index contributed by atoms with van der Waals surface area (Å²) in [5.74, 6) is 0.855. The van der Waals surface area contributed by atoms with Crippen LogP contribution in [0.25, 0.3) is 0 Å². The predicted molar refractivity (Wildman–Crippen MR) is 115 cm³/mol. The molecule has 2 N–H and O–H groups in total. The summed E-state index contributed by atoms with van der Waals surface area (Å²) in [5, 5.41) is 6.90. The van der Waals surface area contributed by atoms with E-state index in [4.69, 9.17) is 9.73 Å². The Kier molecular flexibility index (Phi) is 7.10. The molecule has 1 aliphatic carbocycles. The van der Waals surface area contributed by atoms with Crippen LogP contribution in [0.15, 0.2) is 29.3 Å². The summed E-state index contributed by atoms with van der Waals surface area (Å²) < 4.78 is 5.72. The average molecular weight is 389 g/mol. The lowest BCUT2D eigenvalue weighted by Gasteiger charge is -2.59. The van der Waals surface area contributed by atoms with Crippen molar-refractivity contribution in [3.05, 3.63) is 35.4 Å². The first-order valence-corrected chi connectivity index (χ1v) is 10.0. The van der Waals surface area contributed by atoms with Crippen LogP contribution in [0, 0.1) is 5.41 Å². The van der Waals surface area contributed by atoms with Crippen LogP contribution in [0.4, 0.5) is 0 Å². The van der Waals surface area contributed by atoms with Crippen LogP contribution in [-0.4, -0.2) is 62.7 Å². The fraction of sp³-hybridized carbons (Fsp3) is 0.636. The van der Waals surface area contributed by atoms with E-state index in [1.54, 1.807) is 26.1 Å². The summed E-state index contributed by atoms with van der Waals surface area (Å²) in [7, 11) is 5.32. The second kappa shape index (κ2) is 8.95. The van der Waals surface area contributed by atoms with Crippen LogP contribution >= 0.6 is 0 Å². The van der Waals surface area contributed by atoms with Gasteiger partial charge in [-0.1, -0.05) is 26.0 Å². The zero-order chi connectivity index (χ0) is 20.9. The van der Waals surface area contributed by atoms with Gasteiger partial charge < -0.3 is 20.3 Å². The molecule has 0 heterocycles. The topological polar surface area (TPSA) is 66.0 Å². The second-order valence-corrected chi connectivity index (χ2v) is 8.47. The zero-order valence-corrected chi connectivity index (χ0v) is 18.4. The quantitative estimate of drug-likeness (QED) is 0.557. The molecule has 1 amide bonds. The van der Waals surface area contributed by atoms with Crippen molar-refractivity contribution in [2.75, 3.05) is 34.3 Å². The van der Waals surface area contributed by atoms with Crippen molar-refractivity contribution in [3.8, 4) is 0 Å². The predicted octanol–water partition coefficient (Wildman–Crippen LogP) is 2.69. The number of aliphatic imine (C=N–C) groups is 1. The van der Waals surface area contributed by atoms with Crippen LogP contribution in [0.5, 0.6) is 0 Å². The summed E-state index contributed by atoms with van der Waals surface area (Å²) in [6.07, 6.45) is 1.74. The number of rotatable bonds is 7. The standard InChI is InChI=1S/C22H36N4O2/c1-8-23-20(25-18-15-22(4,28-7)21(18,2)3)24-13-12-16-10-9-11-17(14-16)19(27)26(5)6/h9-11,14,18H,8,12-13,15H2,1-7H3,(H2,23,24,25). The maximum Gasteiger partial charge on any atom is 0.253 e. The van der Waals surface area contributed by atoms with E-state index in [9.17, 15) is 4.79 Å². The van der Waals surface area contributed by atoms with E-state index in [1.165, 1.54) is 0 Å². The Morgan fingerprint density at radius 2 is 2.04 bits per heavy atom. The molecular formula is C22H36N4O2. The molecule has 0 saturated heterocycles. The monoisotopic (exact) mass is 388 g/mol. The molecule has 6 nitrogen and oxygen atoms in total. The third-order valence-electron chi connectivity index (χ3n) is 6.18. The average Bonchev–Trinajstić information content (AvgIpc) is 2.66. The minimum atomic E-state index is -0.110. The number of carbonyl (C=O) groups is 1. The molecule has 2 unspecified atom stereocenters. The van der Waals surface area contributed by atoms with Gasteiger partial charge in [0.05, 0.1) is 5.60 Å². The van der Waals surface area contributed by atoms with Gasteiger partial charge >= 0.3 is 0 Å². The van der Waals surface area contributed by atoms with Gasteiger partial charge in [0, 0.05) is 51.3 Å². The number of amides is 1. The van der Waals surface area contributed by atoms with E-state index in [-0.39, 0.29) is 16.9 Å². The number of nitrogens with one attached hydrogen (secondary N) is 2. The molecule has 1 aromatic carbocycles. The van der Waals surface area contributed by atoms with E-state index in [1.807, 2.05) is 24.3 Å². The molecule has 1 aromatic rings. The number of ether oxygens (including phenoxy) is 1. The van der Waals surface area contributed by atoms with Gasteiger partial charge in [-0.25, -0.2) is 0 Å². The molecule has 2 atom stereocenters. The van der Waals surface area contributed by atoms with Crippen LogP contribution in [0.2, 0.25) is 0 Å². The van der Waals surface area contributed by atoms with Crippen LogP contribution in [0.3, 0.4) is 0 Å². The second-order valence-electron chi connectivity index (χ2n) is 8.47. The van der Waals surface area contributed by atoms with Crippen LogP contribution in [0.1, 0.15) is 50.0 Å². The third kappa shape index (κ3) is 4.66. The van der Waals surface area contributed by atoms with Gasteiger partial charge in [-0.3, -0.25) is 9.79 Å². The Labute approximate surface area is 169 Å². The molecule has 1 saturated carbocycles. The Morgan fingerprint density at radius 3 is 2.61 bits per heavy atom. The highest BCUT2D eigenvalue weighted by atomic mass is 16.5. The molecule has 0 aromatic heterocycles. The van der Waals surface area contributed by atoms with Gasteiger partial charge in [-0.15, -0.1) is 0 Å². The lowest BCUT2D eigenvalue weighted by atomic mass is 9.56. The number of hydrogen-bond acceptors (Lipinski definition) is 3. The molecule has 2 rings (SSSR count). The molecule has 1 aliphatic rings. The number of methoxy groups -OCH3 is 1. The number of carbonyl (C=O) groups excluding carboxylic acids is 1. The Balaban J connectivity index is 1.99. The van der Waals surface area contributed by atoms with Gasteiger partial charge in [0.15, 0.2) is 5.96 Å². The van der Waals surface area contributed by atoms with Gasteiger partial charge in [0.1, 0.15) is 0 Å². The highest BCUT2D eigenvalue weighted by Gasteiger charge is 2.58. The molecule has 0 radical (unpaired) electrons. The largest absolute Gasteiger partial charge is 0.378 e. The van der Waals surface area contributed by atoms with Crippen molar-refractivity contribution < 1.29 is 9.53 Å². The SMILES string of the molecule is CCNC(=NCCc1cccc(C(=O)N(C)C)c1)NC1CC(C)(OC)C1(C)C. The molecule has 0 bridgehead atoms. The smallest absolute Gasteiger partial charge is 0.253 e. The molecule has 6 heteroatoms. The first kappa shape index (κ1) is 22.2. The summed E-state index contributed by atoms with van der Waals surface area (Å²) in [4.78, 5) is 18.5. The lowest BCUT2D eigenvalue weighted by Crippen LogP contribution is -2.69. The molecular weight excluding hydrogens is 352 g/mol. The fourth-order valence-electron chi connectivity index (χ4n) is 3.62. The van der Waals surface area contributed by atoms with Crippen LogP contribution in [-0.2, 0) is 11.2 Å². The molecule has 0 aliphatic heterocycles.